The van der Waals surface area contributed by atoms with Crippen molar-refractivity contribution in [2.24, 2.45) is 5.41 Å². The number of likely N-dealkylation sites (tertiary alicyclic amines) is 1. The predicted molar refractivity (Wildman–Crippen MR) is 82.8 cm³/mol. The second-order valence-corrected chi connectivity index (χ2v) is 6.27. The molecule has 1 heterocycles. The first-order valence-corrected chi connectivity index (χ1v) is 7.64. The van der Waals surface area contributed by atoms with Crippen LogP contribution >= 0.6 is 0 Å². The van der Waals surface area contributed by atoms with Crippen LogP contribution in [0.3, 0.4) is 0 Å². The lowest BCUT2D eigenvalue weighted by molar-refractivity contribution is -0.140. The largest absolute Gasteiger partial charge is 0.278 e. The van der Waals surface area contributed by atoms with Crippen LogP contribution in [-0.4, -0.2) is 16.7 Å². The molecule has 2 aromatic rings. The molecule has 0 radical (unpaired) electrons. The Hall–Kier alpha value is -2.42. The van der Waals surface area contributed by atoms with Crippen LogP contribution in [0.2, 0.25) is 0 Å². The van der Waals surface area contributed by atoms with Crippen LogP contribution in [-0.2, 0) is 16.1 Å². The van der Waals surface area contributed by atoms with Gasteiger partial charge in [0, 0.05) is 6.42 Å². The van der Waals surface area contributed by atoms with Gasteiger partial charge in [-0.05, 0) is 23.5 Å². The third kappa shape index (κ3) is 1.97. The Morgan fingerprint density at radius 2 is 1.59 bits per heavy atom. The fourth-order valence-electron chi connectivity index (χ4n) is 3.61. The monoisotopic (exact) mass is 291 g/mol. The van der Waals surface area contributed by atoms with Crippen LogP contribution in [0.5, 0.6) is 0 Å². The Kier molecular flexibility index (Phi) is 2.89. The van der Waals surface area contributed by atoms with Gasteiger partial charge in [0.15, 0.2) is 0 Å². The molecular formula is C19H17NO2. The van der Waals surface area contributed by atoms with E-state index in [1.807, 2.05) is 48.5 Å². The van der Waals surface area contributed by atoms with E-state index in [4.69, 9.17) is 0 Å². The normalized spacial score (nSPS) is 26.7. The van der Waals surface area contributed by atoms with Crippen molar-refractivity contribution in [2.75, 3.05) is 0 Å². The molecule has 0 N–H and O–H groups in total. The minimum atomic E-state index is -0.465. The molecule has 2 aromatic carbocycles. The SMILES string of the molecule is O=C1C[C@]2(CC2c2ccccc2)C(=O)N1Cc1ccccc1. The third-order valence-corrected chi connectivity index (χ3v) is 4.90. The number of carbonyl (C=O) groups is 2. The summed E-state index contributed by atoms with van der Waals surface area (Å²) in [6, 6.07) is 19.8. The molecule has 2 amide bonds. The molecule has 2 aliphatic rings. The molecule has 1 aliphatic carbocycles. The molecule has 0 aromatic heterocycles. The molecule has 2 atom stereocenters. The van der Waals surface area contributed by atoms with Gasteiger partial charge in [0.1, 0.15) is 0 Å². The quantitative estimate of drug-likeness (QED) is 0.815. The number of nitrogens with zero attached hydrogens (tertiary/aromatic N) is 1. The predicted octanol–water partition coefficient (Wildman–Crippen LogP) is 3.12. The van der Waals surface area contributed by atoms with Crippen molar-refractivity contribution in [3.05, 3.63) is 71.8 Å². The number of imide groups is 1. The fraction of sp³-hybridized carbons (Fsp3) is 0.263. The highest BCUT2D eigenvalue weighted by atomic mass is 16.2. The minimum Gasteiger partial charge on any atom is -0.278 e. The lowest BCUT2D eigenvalue weighted by Crippen LogP contribution is -2.30. The number of amides is 2. The van der Waals surface area contributed by atoms with E-state index in [2.05, 4.69) is 12.1 Å². The van der Waals surface area contributed by atoms with Crippen molar-refractivity contribution in [3.63, 3.8) is 0 Å². The molecule has 0 bridgehead atoms. The molecule has 22 heavy (non-hydrogen) atoms. The Morgan fingerprint density at radius 1 is 0.955 bits per heavy atom. The maximum absolute atomic E-state index is 12.8. The second kappa shape index (κ2) is 4.80. The fourth-order valence-corrected chi connectivity index (χ4v) is 3.61. The van der Waals surface area contributed by atoms with Crippen LogP contribution in [0.1, 0.15) is 29.9 Å². The van der Waals surface area contributed by atoms with Crippen LogP contribution in [0, 0.1) is 5.41 Å². The van der Waals surface area contributed by atoms with E-state index in [0.717, 1.165) is 12.0 Å². The Labute approximate surface area is 129 Å². The molecule has 1 saturated carbocycles. The average molecular weight is 291 g/mol. The first-order chi connectivity index (χ1) is 10.7. The summed E-state index contributed by atoms with van der Waals surface area (Å²) in [5, 5.41) is 0. The average Bonchev–Trinajstić information content (AvgIpc) is 3.23. The van der Waals surface area contributed by atoms with Crippen molar-refractivity contribution in [1.82, 2.24) is 4.90 Å². The van der Waals surface area contributed by atoms with E-state index >= 15 is 0 Å². The third-order valence-electron chi connectivity index (χ3n) is 4.90. The van der Waals surface area contributed by atoms with Crippen molar-refractivity contribution in [2.45, 2.75) is 25.3 Å². The van der Waals surface area contributed by atoms with Crippen LogP contribution in [0.15, 0.2) is 60.7 Å². The maximum Gasteiger partial charge on any atom is 0.236 e. The van der Waals surface area contributed by atoms with Gasteiger partial charge < -0.3 is 0 Å². The molecular weight excluding hydrogens is 274 g/mol. The van der Waals surface area contributed by atoms with Crippen LogP contribution < -0.4 is 0 Å². The second-order valence-electron chi connectivity index (χ2n) is 6.27. The van der Waals surface area contributed by atoms with Gasteiger partial charge in [0.2, 0.25) is 11.8 Å². The standard InChI is InChI=1S/C19H17NO2/c21-17-12-19(11-16(19)15-9-5-2-6-10-15)18(22)20(17)13-14-7-3-1-4-8-14/h1-10,16H,11-13H2/t16?,19-/m0/s1. The first kappa shape index (κ1) is 13.3. The molecule has 1 aliphatic heterocycles. The molecule has 1 spiro atoms. The van der Waals surface area contributed by atoms with Crippen molar-refractivity contribution >= 4 is 11.8 Å². The molecule has 2 fully saturated rings. The van der Waals surface area contributed by atoms with Gasteiger partial charge in [0.05, 0.1) is 12.0 Å². The molecule has 3 nitrogen and oxygen atoms in total. The van der Waals surface area contributed by atoms with E-state index in [1.54, 1.807) is 0 Å². The van der Waals surface area contributed by atoms with Crippen molar-refractivity contribution in [1.29, 1.82) is 0 Å². The zero-order chi connectivity index (χ0) is 15.2. The zero-order valence-corrected chi connectivity index (χ0v) is 12.2. The number of hydrogen-bond acceptors (Lipinski definition) is 2. The van der Waals surface area contributed by atoms with Gasteiger partial charge in [-0.15, -0.1) is 0 Å². The van der Waals surface area contributed by atoms with E-state index in [-0.39, 0.29) is 17.7 Å². The van der Waals surface area contributed by atoms with Gasteiger partial charge >= 0.3 is 0 Å². The van der Waals surface area contributed by atoms with Gasteiger partial charge in [-0.2, -0.15) is 0 Å². The smallest absolute Gasteiger partial charge is 0.236 e. The summed E-state index contributed by atoms with van der Waals surface area (Å²) in [4.78, 5) is 26.6. The van der Waals surface area contributed by atoms with E-state index in [9.17, 15) is 9.59 Å². The Bertz CT molecular complexity index is 726. The Balaban J connectivity index is 1.56. The molecule has 1 saturated heterocycles. The van der Waals surface area contributed by atoms with Crippen LogP contribution in [0.25, 0.3) is 0 Å². The summed E-state index contributed by atoms with van der Waals surface area (Å²) < 4.78 is 0. The highest BCUT2D eigenvalue weighted by Crippen LogP contribution is 2.65. The summed E-state index contributed by atoms with van der Waals surface area (Å²) in [5.41, 5.74) is 1.70. The summed E-state index contributed by atoms with van der Waals surface area (Å²) in [6.07, 6.45) is 1.16. The van der Waals surface area contributed by atoms with E-state index < -0.39 is 5.41 Å². The number of carbonyl (C=O) groups excluding carboxylic acids is 2. The van der Waals surface area contributed by atoms with Gasteiger partial charge in [0.25, 0.3) is 0 Å². The number of benzene rings is 2. The summed E-state index contributed by atoms with van der Waals surface area (Å²) >= 11 is 0. The molecule has 1 unspecified atom stereocenters. The topological polar surface area (TPSA) is 37.4 Å². The van der Waals surface area contributed by atoms with Crippen molar-refractivity contribution in [3.8, 4) is 0 Å². The Morgan fingerprint density at radius 3 is 2.27 bits per heavy atom. The van der Waals surface area contributed by atoms with E-state index in [1.165, 1.54) is 10.5 Å². The minimum absolute atomic E-state index is 0.00945. The van der Waals surface area contributed by atoms with E-state index in [0.29, 0.717) is 13.0 Å². The van der Waals surface area contributed by atoms with Crippen molar-refractivity contribution < 1.29 is 9.59 Å². The first-order valence-electron chi connectivity index (χ1n) is 7.64. The molecule has 4 rings (SSSR count). The lowest BCUT2D eigenvalue weighted by atomic mass is 9.97. The lowest BCUT2D eigenvalue weighted by Gasteiger charge is -2.15. The van der Waals surface area contributed by atoms with Gasteiger partial charge in [-0.25, -0.2) is 0 Å². The molecule has 3 heteroatoms. The summed E-state index contributed by atoms with van der Waals surface area (Å²) in [7, 11) is 0. The maximum atomic E-state index is 12.8. The molecule has 110 valence electrons. The number of hydrogen-bond donors (Lipinski definition) is 0. The highest BCUT2D eigenvalue weighted by molar-refractivity contribution is 6.08. The summed E-state index contributed by atoms with van der Waals surface area (Å²) in [6.45, 7) is 0.391. The van der Waals surface area contributed by atoms with Gasteiger partial charge in [-0.1, -0.05) is 60.7 Å². The van der Waals surface area contributed by atoms with Crippen LogP contribution in [0.4, 0.5) is 0 Å². The summed E-state index contributed by atoms with van der Waals surface area (Å²) in [5.74, 6) is 0.174. The number of rotatable bonds is 3. The van der Waals surface area contributed by atoms with Gasteiger partial charge in [-0.3, -0.25) is 14.5 Å². The zero-order valence-electron chi connectivity index (χ0n) is 12.2. The highest BCUT2D eigenvalue weighted by Gasteiger charge is 2.66.